The smallest absolute Gasteiger partial charge is 0.304 e. The Morgan fingerprint density at radius 1 is 1.50 bits per heavy atom. The Balaban J connectivity index is 2.35. The van der Waals surface area contributed by atoms with Crippen molar-refractivity contribution in [1.82, 2.24) is 4.98 Å². The zero-order chi connectivity index (χ0) is 11.7. The number of nitrogens with one attached hydrogen (secondary N) is 1. The van der Waals surface area contributed by atoms with E-state index >= 15 is 0 Å². The molecule has 2 N–H and O–H groups in total. The first-order valence-electron chi connectivity index (χ1n) is 5.06. The second-order valence-corrected chi connectivity index (χ2v) is 3.96. The molecule has 4 heteroatoms. The van der Waals surface area contributed by atoms with Gasteiger partial charge in [-0.05, 0) is 24.3 Å². The first-order chi connectivity index (χ1) is 7.56. The number of carboxylic acid groups (broad SMARTS) is 1. The number of aromatic nitrogens is 1. The van der Waals surface area contributed by atoms with Crippen LogP contribution in [0, 0.1) is 5.82 Å². The van der Waals surface area contributed by atoms with Crippen LogP contribution >= 0.6 is 0 Å². The van der Waals surface area contributed by atoms with Gasteiger partial charge in [-0.1, -0.05) is 6.92 Å². The molecule has 0 saturated carbocycles. The van der Waals surface area contributed by atoms with Crippen molar-refractivity contribution in [2.45, 2.75) is 19.3 Å². The highest BCUT2D eigenvalue weighted by atomic mass is 19.1. The third kappa shape index (κ3) is 2.05. The Hall–Kier alpha value is -1.84. The molecule has 0 fully saturated rings. The monoisotopic (exact) mass is 221 g/mol. The highest BCUT2D eigenvalue weighted by Gasteiger charge is 2.12. The lowest BCUT2D eigenvalue weighted by Crippen LogP contribution is -2.02. The maximum absolute atomic E-state index is 12.9. The van der Waals surface area contributed by atoms with E-state index in [-0.39, 0.29) is 18.2 Å². The molecule has 0 aliphatic heterocycles. The molecule has 16 heavy (non-hydrogen) atoms. The van der Waals surface area contributed by atoms with Gasteiger partial charge >= 0.3 is 5.97 Å². The van der Waals surface area contributed by atoms with Crippen LogP contribution in [0.25, 0.3) is 10.9 Å². The van der Waals surface area contributed by atoms with Crippen LogP contribution in [0.15, 0.2) is 24.3 Å². The van der Waals surface area contributed by atoms with Gasteiger partial charge in [-0.3, -0.25) is 4.79 Å². The molecule has 2 rings (SSSR count). The van der Waals surface area contributed by atoms with Crippen LogP contribution in [-0.2, 0) is 4.79 Å². The van der Waals surface area contributed by atoms with Crippen LogP contribution in [0.1, 0.15) is 25.0 Å². The quantitative estimate of drug-likeness (QED) is 0.837. The first kappa shape index (κ1) is 10.7. The molecule has 0 saturated heterocycles. The summed E-state index contributed by atoms with van der Waals surface area (Å²) in [5.41, 5.74) is 1.65. The van der Waals surface area contributed by atoms with Gasteiger partial charge in [-0.2, -0.15) is 0 Å². The van der Waals surface area contributed by atoms with Gasteiger partial charge in [0.05, 0.1) is 6.42 Å². The fourth-order valence-corrected chi connectivity index (χ4v) is 1.76. The zero-order valence-corrected chi connectivity index (χ0v) is 8.83. The number of benzene rings is 1. The fraction of sp³-hybridized carbons (Fsp3) is 0.250. The molecule has 84 valence electrons. The molecule has 1 aromatic heterocycles. The molecule has 1 atom stereocenters. The van der Waals surface area contributed by atoms with Gasteiger partial charge in [0.1, 0.15) is 5.82 Å². The Morgan fingerprint density at radius 2 is 2.25 bits per heavy atom. The van der Waals surface area contributed by atoms with Crippen molar-refractivity contribution in [3.8, 4) is 0 Å². The van der Waals surface area contributed by atoms with E-state index in [4.69, 9.17) is 5.11 Å². The normalized spacial score (nSPS) is 12.9. The third-order valence-corrected chi connectivity index (χ3v) is 2.62. The summed E-state index contributed by atoms with van der Waals surface area (Å²) in [5.74, 6) is -1.23. The van der Waals surface area contributed by atoms with Crippen LogP contribution < -0.4 is 0 Å². The predicted octanol–water partition coefficient (Wildman–Crippen LogP) is 2.89. The van der Waals surface area contributed by atoms with Crippen molar-refractivity contribution in [3.05, 3.63) is 35.8 Å². The minimum atomic E-state index is -0.836. The van der Waals surface area contributed by atoms with Crippen LogP contribution in [0.3, 0.4) is 0 Å². The molecule has 0 amide bonds. The number of carbonyl (C=O) groups is 1. The molecule has 1 heterocycles. The van der Waals surface area contributed by atoms with E-state index in [1.165, 1.54) is 12.1 Å². The van der Waals surface area contributed by atoms with Gasteiger partial charge in [0.25, 0.3) is 0 Å². The molecule has 0 spiro atoms. The van der Waals surface area contributed by atoms with Gasteiger partial charge in [-0.15, -0.1) is 0 Å². The SMILES string of the molecule is CC(CC(=O)O)c1cc2cc(F)ccc2[nH]1. The second kappa shape index (κ2) is 3.96. The summed E-state index contributed by atoms with van der Waals surface area (Å²) >= 11 is 0. The summed E-state index contributed by atoms with van der Waals surface area (Å²) in [7, 11) is 0. The summed E-state index contributed by atoms with van der Waals surface area (Å²) < 4.78 is 12.9. The number of carboxylic acids is 1. The Bertz CT molecular complexity index is 533. The number of halogens is 1. The van der Waals surface area contributed by atoms with Crippen molar-refractivity contribution < 1.29 is 14.3 Å². The topological polar surface area (TPSA) is 53.1 Å². The molecule has 0 aliphatic rings. The molecule has 0 bridgehead atoms. The lowest BCUT2D eigenvalue weighted by molar-refractivity contribution is -0.137. The van der Waals surface area contributed by atoms with E-state index in [2.05, 4.69) is 4.98 Å². The number of hydrogen-bond donors (Lipinski definition) is 2. The summed E-state index contributed by atoms with van der Waals surface area (Å²) in [6, 6.07) is 6.26. The molecule has 0 aliphatic carbocycles. The van der Waals surface area contributed by atoms with E-state index in [1.807, 2.05) is 6.92 Å². The summed E-state index contributed by atoms with van der Waals surface area (Å²) in [5, 5.41) is 9.46. The molecule has 3 nitrogen and oxygen atoms in total. The summed E-state index contributed by atoms with van der Waals surface area (Å²) in [4.78, 5) is 13.7. The predicted molar refractivity (Wildman–Crippen MR) is 58.9 cm³/mol. The lowest BCUT2D eigenvalue weighted by Gasteiger charge is -2.04. The minimum absolute atomic E-state index is 0.0648. The summed E-state index contributed by atoms with van der Waals surface area (Å²) in [6.45, 7) is 1.83. The first-order valence-corrected chi connectivity index (χ1v) is 5.06. The van der Waals surface area contributed by atoms with Crippen molar-refractivity contribution in [1.29, 1.82) is 0 Å². The minimum Gasteiger partial charge on any atom is -0.481 e. The molecule has 1 unspecified atom stereocenters. The number of fused-ring (bicyclic) bond motifs is 1. The van der Waals surface area contributed by atoms with E-state index < -0.39 is 5.97 Å². The maximum Gasteiger partial charge on any atom is 0.304 e. The van der Waals surface area contributed by atoms with Gasteiger partial charge in [0.15, 0.2) is 0 Å². The van der Waals surface area contributed by atoms with Crippen LogP contribution in [0.2, 0.25) is 0 Å². The third-order valence-electron chi connectivity index (χ3n) is 2.62. The van der Waals surface area contributed by atoms with Crippen molar-refractivity contribution in [2.75, 3.05) is 0 Å². The summed E-state index contributed by atoms with van der Waals surface area (Å²) in [6.07, 6.45) is 0.0648. The largest absolute Gasteiger partial charge is 0.481 e. The zero-order valence-electron chi connectivity index (χ0n) is 8.83. The van der Waals surface area contributed by atoms with Crippen molar-refractivity contribution in [2.24, 2.45) is 0 Å². The van der Waals surface area contributed by atoms with Crippen LogP contribution in [0.4, 0.5) is 4.39 Å². The molecule has 0 radical (unpaired) electrons. The standard InChI is InChI=1S/C12H12FNO2/c1-7(4-12(15)16)11-6-8-5-9(13)2-3-10(8)14-11/h2-3,5-7,14H,4H2,1H3,(H,15,16). The molecular weight excluding hydrogens is 209 g/mol. The number of aliphatic carboxylic acids is 1. The number of H-pyrrole nitrogens is 1. The number of aromatic amines is 1. The van der Waals surface area contributed by atoms with Gasteiger partial charge in [0, 0.05) is 22.5 Å². The molecule has 1 aromatic carbocycles. The molecule has 2 aromatic rings. The second-order valence-electron chi connectivity index (χ2n) is 3.96. The lowest BCUT2D eigenvalue weighted by atomic mass is 10.0. The van der Waals surface area contributed by atoms with Crippen LogP contribution in [0.5, 0.6) is 0 Å². The van der Waals surface area contributed by atoms with E-state index in [1.54, 1.807) is 12.1 Å². The Morgan fingerprint density at radius 3 is 2.94 bits per heavy atom. The highest BCUT2D eigenvalue weighted by molar-refractivity contribution is 5.80. The Labute approximate surface area is 91.9 Å². The van der Waals surface area contributed by atoms with Gasteiger partial charge < -0.3 is 10.1 Å². The van der Waals surface area contributed by atoms with E-state index in [0.717, 1.165) is 16.6 Å². The highest BCUT2D eigenvalue weighted by Crippen LogP contribution is 2.23. The van der Waals surface area contributed by atoms with E-state index in [9.17, 15) is 9.18 Å². The average Bonchev–Trinajstić information content (AvgIpc) is 2.59. The van der Waals surface area contributed by atoms with Crippen molar-refractivity contribution in [3.63, 3.8) is 0 Å². The Kier molecular flexibility index (Phi) is 2.64. The number of rotatable bonds is 3. The molecular formula is C12H12FNO2. The van der Waals surface area contributed by atoms with Crippen LogP contribution in [-0.4, -0.2) is 16.1 Å². The van der Waals surface area contributed by atoms with Gasteiger partial charge in [-0.25, -0.2) is 4.39 Å². The van der Waals surface area contributed by atoms with E-state index in [0.29, 0.717) is 0 Å². The van der Waals surface area contributed by atoms with Crippen molar-refractivity contribution >= 4 is 16.9 Å². The number of hydrogen-bond acceptors (Lipinski definition) is 1. The fourth-order valence-electron chi connectivity index (χ4n) is 1.76. The average molecular weight is 221 g/mol. The van der Waals surface area contributed by atoms with Gasteiger partial charge in [0.2, 0.25) is 0 Å². The maximum atomic E-state index is 12.9.